The minimum atomic E-state index is -0.791. The van der Waals surface area contributed by atoms with Gasteiger partial charge in [0.2, 0.25) is 0 Å². The molecule has 5 aromatic rings. The quantitative estimate of drug-likeness (QED) is 0.152. The lowest BCUT2D eigenvalue weighted by atomic mass is 9.90. The molecule has 4 aromatic carbocycles. The van der Waals surface area contributed by atoms with Crippen molar-refractivity contribution in [3.8, 4) is 11.5 Å². The number of nitrogens with zero attached hydrogens (tertiary/aromatic N) is 2. The highest BCUT2D eigenvalue weighted by molar-refractivity contribution is 7.07. The number of fused-ring (bicyclic) bond motifs is 2. The molecule has 0 radical (unpaired) electrons. The van der Waals surface area contributed by atoms with E-state index in [9.17, 15) is 9.59 Å². The zero-order chi connectivity index (χ0) is 32.2. The standard InChI is InChI=1S/C37H33ClN2O5S/c1-4-10-29-33(36(42)44-5-2)34(32-27-13-8-6-11-24(27)17-20-30(32)43-3)40-35(41)31(46-37(40)39-29)21-23-15-18-26(19-16-23)45-22-25-12-7-9-14-28(25)38/h6-9,11-21,34H,4-5,10,22H2,1-3H3/b31-21-. The lowest BCUT2D eigenvalue weighted by molar-refractivity contribution is -0.139. The number of hydrogen-bond acceptors (Lipinski definition) is 7. The maximum atomic E-state index is 14.3. The molecule has 1 aliphatic rings. The molecule has 6 rings (SSSR count). The summed E-state index contributed by atoms with van der Waals surface area (Å²) in [6, 6.07) is 26.1. The fourth-order valence-corrected chi connectivity index (χ4v) is 6.93. The number of hydrogen-bond donors (Lipinski definition) is 0. The van der Waals surface area contributed by atoms with E-state index < -0.39 is 12.0 Å². The molecule has 0 bridgehead atoms. The summed E-state index contributed by atoms with van der Waals surface area (Å²) >= 11 is 7.57. The van der Waals surface area contributed by atoms with Crippen molar-refractivity contribution >= 4 is 45.8 Å². The van der Waals surface area contributed by atoms with Crippen molar-refractivity contribution in [2.75, 3.05) is 13.7 Å². The fraction of sp³-hybridized carbons (Fsp3) is 0.216. The van der Waals surface area contributed by atoms with Gasteiger partial charge in [0.15, 0.2) is 4.80 Å². The number of esters is 1. The van der Waals surface area contributed by atoms with E-state index in [-0.39, 0.29) is 12.2 Å². The summed E-state index contributed by atoms with van der Waals surface area (Å²) in [5.74, 6) is 0.770. The van der Waals surface area contributed by atoms with Gasteiger partial charge in [0.05, 0.1) is 29.5 Å². The molecule has 0 saturated heterocycles. The van der Waals surface area contributed by atoms with Gasteiger partial charge < -0.3 is 14.2 Å². The number of halogens is 1. The van der Waals surface area contributed by atoms with Gasteiger partial charge in [-0.3, -0.25) is 9.36 Å². The fourth-order valence-electron chi connectivity index (χ4n) is 5.72. The second-order valence-electron chi connectivity index (χ2n) is 10.8. The Hall–Kier alpha value is -4.66. The summed E-state index contributed by atoms with van der Waals surface area (Å²) in [5.41, 5.74) is 3.18. The van der Waals surface area contributed by atoms with Crippen molar-refractivity contribution in [2.24, 2.45) is 4.99 Å². The van der Waals surface area contributed by atoms with Crippen LogP contribution in [-0.4, -0.2) is 24.3 Å². The Labute approximate surface area is 275 Å². The Morgan fingerprint density at radius 1 is 1.00 bits per heavy atom. The molecule has 9 heteroatoms. The predicted molar refractivity (Wildman–Crippen MR) is 182 cm³/mol. The molecular formula is C37H33ClN2O5S. The third-order valence-corrected chi connectivity index (χ3v) is 9.20. The van der Waals surface area contributed by atoms with Crippen LogP contribution in [0.3, 0.4) is 0 Å². The van der Waals surface area contributed by atoms with E-state index >= 15 is 0 Å². The first-order chi connectivity index (χ1) is 22.4. The number of thiazole rings is 1. The summed E-state index contributed by atoms with van der Waals surface area (Å²) in [6.45, 7) is 4.35. The monoisotopic (exact) mass is 652 g/mol. The summed E-state index contributed by atoms with van der Waals surface area (Å²) in [6.07, 6.45) is 3.16. The minimum Gasteiger partial charge on any atom is -0.496 e. The Bertz CT molecular complexity index is 2130. The van der Waals surface area contributed by atoms with E-state index in [1.165, 1.54) is 11.3 Å². The second-order valence-corrected chi connectivity index (χ2v) is 12.2. The van der Waals surface area contributed by atoms with Crippen molar-refractivity contribution < 1.29 is 19.0 Å². The zero-order valence-corrected chi connectivity index (χ0v) is 27.4. The first kappa shape index (κ1) is 31.3. The van der Waals surface area contributed by atoms with Gasteiger partial charge in [0.1, 0.15) is 24.1 Å². The Kier molecular flexibility index (Phi) is 9.38. The van der Waals surface area contributed by atoms with Gasteiger partial charge in [-0.1, -0.05) is 96.9 Å². The summed E-state index contributed by atoms with van der Waals surface area (Å²) in [5, 5.41) is 2.50. The van der Waals surface area contributed by atoms with E-state index in [4.69, 9.17) is 30.8 Å². The van der Waals surface area contributed by atoms with Gasteiger partial charge in [-0.15, -0.1) is 0 Å². The third kappa shape index (κ3) is 6.10. The maximum Gasteiger partial charge on any atom is 0.338 e. The van der Waals surface area contributed by atoms with Gasteiger partial charge in [-0.05, 0) is 60.0 Å². The highest BCUT2D eigenvalue weighted by Gasteiger charge is 2.37. The topological polar surface area (TPSA) is 79.1 Å². The summed E-state index contributed by atoms with van der Waals surface area (Å²) in [4.78, 5) is 33.4. The van der Waals surface area contributed by atoms with Gasteiger partial charge in [0.25, 0.3) is 5.56 Å². The van der Waals surface area contributed by atoms with E-state index in [1.807, 2.05) is 97.9 Å². The highest BCUT2D eigenvalue weighted by Crippen LogP contribution is 2.41. The molecule has 1 aliphatic heterocycles. The van der Waals surface area contributed by atoms with Crippen LogP contribution in [0.1, 0.15) is 49.4 Å². The summed E-state index contributed by atoms with van der Waals surface area (Å²) in [7, 11) is 1.60. The normalized spacial score (nSPS) is 14.6. The number of benzene rings is 4. The van der Waals surface area contributed by atoms with Crippen molar-refractivity contribution in [3.05, 3.63) is 138 Å². The molecule has 0 fully saturated rings. The highest BCUT2D eigenvalue weighted by atomic mass is 35.5. The largest absolute Gasteiger partial charge is 0.496 e. The first-order valence-electron chi connectivity index (χ1n) is 15.2. The van der Waals surface area contributed by atoms with E-state index in [1.54, 1.807) is 18.6 Å². The molecule has 1 aromatic heterocycles. The molecule has 0 saturated carbocycles. The molecule has 2 heterocycles. The van der Waals surface area contributed by atoms with Crippen molar-refractivity contribution in [2.45, 2.75) is 39.3 Å². The number of methoxy groups -OCH3 is 1. The molecule has 0 spiro atoms. The lowest BCUT2D eigenvalue weighted by Gasteiger charge is -2.28. The van der Waals surface area contributed by atoms with Crippen molar-refractivity contribution in [1.82, 2.24) is 4.57 Å². The van der Waals surface area contributed by atoms with Crippen molar-refractivity contribution in [1.29, 1.82) is 0 Å². The SMILES string of the molecule is CCCC1=C(C(=O)OCC)C(c2c(OC)ccc3ccccc23)n2c(s/c(=C\c3ccc(OCc4ccccc4Cl)cc3)c2=O)=N1. The van der Waals surface area contributed by atoms with Crippen LogP contribution in [0.2, 0.25) is 5.02 Å². The minimum absolute atomic E-state index is 0.198. The van der Waals surface area contributed by atoms with Crippen LogP contribution in [0.4, 0.5) is 0 Å². The molecule has 0 amide bonds. The number of ether oxygens (including phenoxy) is 3. The number of allylic oxidation sites excluding steroid dienone is 1. The summed E-state index contributed by atoms with van der Waals surface area (Å²) < 4.78 is 19.5. The number of aromatic nitrogens is 1. The zero-order valence-electron chi connectivity index (χ0n) is 25.8. The first-order valence-corrected chi connectivity index (χ1v) is 16.4. The van der Waals surface area contributed by atoms with Crippen LogP contribution in [0, 0.1) is 0 Å². The molecule has 7 nitrogen and oxygen atoms in total. The molecule has 1 unspecified atom stereocenters. The van der Waals surface area contributed by atoms with Gasteiger partial charge in [-0.2, -0.15) is 0 Å². The van der Waals surface area contributed by atoms with Crippen molar-refractivity contribution in [3.63, 3.8) is 0 Å². The Balaban J connectivity index is 1.48. The van der Waals surface area contributed by atoms with E-state index in [0.29, 0.717) is 50.2 Å². The average Bonchev–Trinajstić information content (AvgIpc) is 3.38. The third-order valence-electron chi connectivity index (χ3n) is 7.85. The van der Waals surface area contributed by atoms with Crippen LogP contribution in [-0.2, 0) is 16.1 Å². The van der Waals surface area contributed by atoms with Crippen LogP contribution in [0.15, 0.2) is 106 Å². The van der Waals surface area contributed by atoms with E-state index in [0.717, 1.165) is 33.9 Å². The molecule has 234 valence electrons. The molecule has 0 N–H and O–H groups in total. The van der Waals surface area contributed by atoms with Crippen LogP contribution in [0.5, 0.6) is 11.5 Å². The van der Waals surface area contributed by atoms with Crippen LogP contribution >= 0.6 is 22.9 Å². The molecule has 0 aliphatic carbocycles. The molecular weight excluding hydrogens is 620 g/mol. The smallest absolute Gasteiger partial charge is 0.338 e. The molecule has 46 heavy (non-hydrogen) atoms. The lowest BCUT2D eigenvalue weighted by Crippen LogP contribution is -2.40. The number of carbonyl (C=O) groups excluding carboxylic acids is 1. The van der Waals surface area contributed by atoms with Gasteiger partial charge in [0, 0.05) is 16.1 Å². The van der Waals surface area contributed by atoms with Gasteiger partial charge in [-0.25, -0.2) is 9.79 Å². The number of rotatable bonds is 10. The van der Waals surface area contributed by atoms with Crippen LogP contribution < -0.4 is 24.4 Å². The predicted octanol–water partition coefficient (Wildman–Crippen LogP) is 6.97. The molecule has 1 atom stereocenters. The van der Waals surface area contributed by atoms with E-state index in [2.05, 4.69) is 0 Å². The number of carbonyl (C=O) groups is 1. The average molecular weight is 653 g/mol. The van der Waals surface area contributed by atoms with Crippen LogP contribution in [0.25, 0.3) is 16.8 Å². The second kappa shape index (κ2) is 13.8. The van der Waals surface area contributed by atoms with Gasteiger partial charge >= 0.3 is 5.97 Å². The Morgan fingerprint density at radius 2 is 1.76 bits per heavy atom. The Morgan fingerprint density at radius 3 is 2.50 bits per heavy atom. The maximum absolute atomic E-state index is 14.3.